The van der Waals surface area contributed by atoms with E-state index in [4.69, 9.17) is 0 Å². The number of nitrogens with one attached hydrogen (secondary N) is 2. The predicted octanol–water partition coefficient (Wildman–Crippen LogP) is 5.06. The first-order chi connectivity index (χ1) is 15.0. The molecule has 6 nitrogen and oxygen atoms in total. The highest BCUT2D eigenvalue weighted by molar-refractivity contribution is 9.10. The Balaban J connectivity index is 1.55. The first-order valence-corrected chi connectivity index (χ1v) is 11.6. The summed E-state index contributed by atoms with van der Waals surface area (Å²) in [6, 6.07) is 9.57. The molecule has 0 saturated heterocycles. The Morgan fingerprint density at radius 1 is 1.29 bits per heavy atom. The number of ketones is 1. The van der Waals surface area contributed by atoms with Crippen LogP contribution in [0.25, 0.3) is 10.2 Å². The lowest BCUT2D eigenvalue weighted by Gasteiger charge is -2.34. The molecule has 0 fully saturated rings. The third-order valence-electron chi connectivity index (χ3n) is 5.61. The Hall–Kier alpha value is -2.84. The Morgan fingerprint density at radius 3 is 2.97 bits per heavy atom. The number of amides is 1. The molecule has 1 aliphatic heterocycles. The van der Waals surface area contributed by atoms with Gasteiger partial charge >= 0.3 is 0 Å². The van der Waals surface area contributed by atoms with Crippen molar-refractivity contribution >= 4 is 54.3 Å². The summed E-state index contributed by atoms with van der Waals surface area (Å²) >= 11 is 4.89. The van der Waals surface area contributed by atoms with E-state index in [2.05, 4.69) is 36.5 Å². The van der Waals surface area contributed by atoms with Gasteiger partial charge in [0.05, 0.1) is 10.2 Å². The van der Waals surface area contributed by atoms with Gasteiger partial charge in [-0.2, -0.15) is 0 Å². The minimum absolute atomic E-state index is 0.0882. The molecule has 31 heavy (non-hydrogen) atoms. The number of Topliss-reactive ketones (excluding diaryl/α,β-unsaturated/α-hetero) is 1. The predicted molar refractivity (Wildman–Crippen MR) is 125 cm³/mol. The molecule has 5 rings (SSSR count). The van der Waals surface area contributed by atoms with Gasteiger partial charge in [0.15, 0.2) is 10.9 Å². The third-order valence-corrected chi connectivity index (χ3v) is 7.04. The summed E-state index contributed by atoms with van der Waals surface area (Å²) < 4.78 is 1.94. The zero-order valence-corrected chi connectivity index (χ0v) is 19.1. The number of halogens is 1. The van der Waals surface area contributed by atoms with E-state index in [-0.39, 0.29) is 11.7 Å². The maximum Gasteiger partial charge on any atom is 0.256 e. The van der Waals surface area contributed by atoms with Crippen LogP contribution in [0.4, 0.5) is 5.13 Å². The molecule has 2 aromatic heterocycles. The number of hydrogen-bond donors (Lipinski definition) is 2. The number of carbonyl (C=O) groups is 2. The quantitative estimate of drug-likeness (QED) is 0.531. The van der Waals surface area contributed by atoms with Crippen molar-refractivity contribution in [1.29, 1.82) is 0 Å². The number of carbonyl (C=O) groups excluding carboxylic acids is 2. The monoisotopic (exact) mass is 494 g/mol. The number of rotatable bonds is 3. The summed E-state index contributed by atoms with van der Waals surface area (Å²) in [4.78, 5) is 35.2. The summed E-state index contributed by atoms with van der Waals surface area (Å²) in [6.45, 7) is 1.89. The Labute approximate surface area is 191 Å². The molecule has 3 aromatic rings. The van der Waals surface area contributed by atoms with Gasteiger partial charge in [-0.3, -0.25) is 19.9 Å². The standard InChI is InChI=1S/C23H19BrN4O2S/c1-12-19(22(30)28-23-27-15-8-7-14(24)10-18(15)31-23)20(13-4-3-9-25-11-13)21-16(26-12)5-2-6-17(21)29/h3-4,7-11,20,26H,2,5-6H2,1H3,(H,27,28,30). The molecule has 3 heterocycles. The van der Waals surface area contributed by atoms with Gasteiger partial charge in [-0.1, -0.05) is 33.3 Å². The summed E-state index contributed by atoms with van der Waals surface area (Å²) in [6.07, 6.45) is 5.55. The SMILES string of the molecule is CC1=C(C(=O)Nc2nc3ccc(Br)cc3s2)C(c2cccnc2)C2=C(CCCC2=O)N1. The maximum absolute atomic E-state index is 13.5. The number of thiazole rings is 1. The van der Waals surface area contributed by atoms with Gasteiger partial charge in [-0.05, 0) is 49.6 Å². The van der Waals surface area contributed by atoms with Crippen LogP contribution in [-0.2, 0) is 9.59 Å². The number of hydrogen-bond acceptors (Lipinski definition) is 6. The van der Waals surface area contributed by atoms with E-state index in [9.17, 15) is 9.59 Å². The molecule has 1 aromatic carbocycles. The molecule has 156 valence electrons. The largest absolute Gasteiger partial charge is 0.362 e. The fourth-order valence-corrected chi connectivity index (χ4v) is 5.69. The summed E-state index contributed by atoms with van der Waals surface area (Å²) in [5.74, 6) is -0.617. The lowest BCUT2D eigenvalue weighted by Crippen LogP contribution is -2.35. The van der Waals surface area contributed by atoms with Crippen molar-refractivity contribution in [3.63, 3.8) is 0 Å². The average molecular weight is 495 g/mol. The van der Waals surface area contributed by atoms with Crippen molar-refractivity contribution in [2.24, 2.45) is 0 Å². The molecule has 2 aliphatic rings. The highest BCUT2D eigenvalue weighted by atomic mass is 79.9. The fraction of sp³-hybridized carbons (Fsp3) is 0.217. The lowest BCUT2D eigenvalue weighted by atomic mass is 9.75. The van der Waals surface area contributed by atoms with Gasteiger partial charge in [0.1, 0.15) is 0 Å². The first-order valence-electron chi connectivity index (χ1n) is 10.0. The second-order valence-electron chi connectivity index (χ2n) is 7.64. The first kappa shape index (κ1) is 20.1. The van der Waals surface area contributed by atoms with E-state index in [1.165, 1.54) is 11.3 Å². The fourth-order valence-electron chi connectivity index (χ4n) is 4.28. The molecule has 1 atom stereocenters. The van der Waals surface area contributed by atoms with Crippen LogP contribution >= 0.6 is 27.3 Å². The van der Waals surface area contributed by atoms with E-state index < -0.39 is 5.92 Å². The molecule has 8 heteroatoms. The number of fused-ring (bicyclic) bond motifs is 1. The topological polar surface area (TPSA) is 84.0 Å². The number of dihydropyridines is 1. The molecular formula is C23H19BrN4O2S. The van der Waals surface area contributed by atoms with Crippen LogP contribution < -0.4 is 10.6 Å². The third kappa shape index (κ3) is 3.70. The Morgan fingerprint density at radius 2 is 2.16 bits per heavy atom. The van der Waals surface area contributed by atoms with Crippen molar-refractivity contribution in [3.05, 3.63) is 75.3 Å². The lowest BCUT2D eigenvalue weighted by molar-refractivity contribution is -0.116. The zero-order chi connectivity index (χ0) is 21.5. The molecule has 2 N–H and O–H groups in total. The van der Waals surface area contributed by atoms with Crippen LogP contribution in [0.5, 0.6) is 0 Å². The highest BCUT2D eigenvalue weighted by Crippen LogP contribution is 2.42. The van der Waals surface area contributed by atoms with E-state index in [0.29, 0.717) is 22.7 Å². The Kier molecular flexibility index (Phi) is 5.19. The molecule has 1 unspecified atom stereocenters. The maximum atomic E-state index is 13.5. The average Bonchev–Trinajstić information content (AvgIpc) is 3.14. The molecule has 0 saturated carbocycles. The number of pyridine rings is 1. The van der Waals surface area contributed by atoms with E-state index in [1.807, 2.05) is 37.3 Å². The molecule has 1 amide bonds. The molecule has 0 radical (unpaired) electrons. The van der Waals surface area contributed by atoms with Crippen LogP contribution in [0.2, 0.25) is 0 Å². The summed E-state index contributed by atoms with van der Waals surface area (Å²) in [5.41, 5.74) is 4.55. The summed E-state index contributed by atoms with van der Waals surface area (Å²) in [5, 5.41) is 6.82. The van der Waals surface area contributed by atoms with Crippen molar-refractivity contribution in [1.82, 2.24) is 15.3 Å². The summed E-state index contributed by atoms with van der Waals surface area (Å²) in [7, 11) is 0. The van der Waals surface area contributed by atoms with Crippen molar-refractivity contribution in [2.45, 2.75) is 32.1 Å². The molecule has 0 bridgehead atoms. The number of benzene rings is 1. The smallest absolute Gasteiger partial charge is 0.256 e. The number of aromatic nitrogens is 2. The normalized spacial score (nSPS) is 18.8. The zero-order valence-electron chi connectivity index (χ0n) is 16.7. The Bertz CT molecular complexity index is 1280. The van der Waals surface area contributed by atoms with Crippen LogP contribution in [0.1, 0.15) is 37.7 Å². The van der Waals surface area contributed by atoms with Crippen LogP contribution in [0.15, 0.2) is 69.7 Å². The van der Waals surface area contributed by atoms with E-state index in [0.717, 1.165) is 44.5 Å². The van der Waals surface area contributed by atoms with Gasteiger partial charge in [0, 0.05) is 51.7 Å². The minimum Gasteiger partial charge on any atom is -0.362 e. The van der Waals surface area contributed by atoms with E-state index >= 15 is 0 Å². The number of anilines is 1. The second kappa shape index (κ2) is 8.01. The molecule has 0 spiro atoms. The van der Waals surface area contributed by atoms with Crippen molar-refractivity contribution in [3.8, 4) is 0 Å². The van der Waals surface area contributed by atoms with Crippen LogP contribution in [0.3, 0.4) is 0 Å². The van der Waals surface area contributed by atoms with Crippen molar-refractivity contribution < 1.29 is 9.59 Å². The van der Waals surface area contributed by atoms with Gasteiger partial charge in [0.2, 0.25) is 0 Å². The molecular weight excluding hydrogens is 476 g/mol. The van der Waals surface area contributed by atoms with Gasteiger partial charge in [-0.25, -0.2) is 4.98 Å². The second-order valence-corrected chi connectivity index (χ2v) is 9.58. The van der Waals surface area contributed by atoms with Crippen LogP contribution in [0, 0.1) is 0 Å². The molecule has 1 aliphatic carbocycles. The van der Waals surface area contributed by atoms with E-state index in [1.54, 1.807) is 12.4 Å². The van der Waals surface area contributed by atoms with Crippen molar-refractivity contribution in [2.75, 3.05) is 5.32 Å². The number of allylic oxidation sites excluding steroid dienone is 3. The van der Waals surface area contributed by atoms with Gasteiger partial charge in [-0.15, -0.1) is 0 Å². The number of nitrogens with zero attached hydrogens (tertiary/aromatic N) is 2. The minimum atomic E-state index is -0.443. The van der Waals surface area contributed by atoms with Gasteiger partial charge in [0.25, 0.3) is 5.91 Å². The highest BCUT2D eigenvalue weighted by Gasteiger charge is 2.38. The van der Waals surface area contributed by atoms with Gasteiger partial charge < -0.3 is 5.32 Å². The van der Waals surface area contributed by atoms with Crippen LogP contribution in [-0.4, -0.2) is 21.7 Å².